The number of likely N-dealkylation sites (tertiary alicyclic amines) is 1. The first-order valence-electron chi connectivity index (χ1n) is 10.6. The molecular formula is C24H26N4O3. The number of carbonyl (C=O) groups is 2. The molecule has 7 heteroatoms. The highest BCUT2D eigenvalue weighted by atomic mass is 16.5. The van der Waals surface area contributed by atoms with E-state index in [4.69, 9.17) is 4.52 Å². The standard InChI is InChI=1S/C24H26N4O3/c29-23(25-16-21(28-13-7-8-14-28)18-9-3-1-4-10-18)17-26-24(30)20-15-22(31-27-20)19-11-5-2-6-12-19/h1-6,9-12,15,21H,7-8,13-14,16-17H2,(H,25,29)(H,26,30). The van der Waals surface area contributed by atoms with Gasteiger partial charge < -0.3 is 15.2 Å². The summed E-state index contributed by atoms with van der Waals surface area (Å²) in [6.45, 7) is 2.44. The van der Waals surface area contributed by atoms with E-state index in [0.29, 0.717) is 12.3 Å². The average Bonchev–Trinajstić information content (AvgIpc) is 3.52. The maximum Gasteiger partial charge on any atom is 0.273 e. The summed E-state index contributed by atoms with van der Waals surface area (Å²) in [4.78, 5) is 27.1. The second-order valence-electron chi connectivity index (χ2n) is 7.60. The summed E-state index contributed by atoms with van der Waals surface area (Å²) in [6, 6.07) is 21.3. The highest BCUT2D eigenvalue weighted by Crippen LogP contribution is 2.24. The summed E-state index contributed by atoms with van der Waals surface area (Å²) in [7, 11) is 0. The molecular weight excluding hydrogens is 392 g/mol. The van der Waals surface area contributed by atoms with Gasteiger partial charge in [-0.2, -0.15) is 0 Å². The molecule has 7 nitrogen and oxygen atoms in total. The van der Waals surface area contributed by atoms with Crippen molar-refractivity contribution in [3.05, 3.63) is 78.0 Å². The van der Waals surface area contributed by atoms with Gasteiger partial charge in [0.25, 0.3) is 5.91 Å². The third-order valence-corrected chi connectivity index (χ3v) is 5.47. The molecule has 2 heterocycles. The van der Waals surface area contributed by atoms with Crippen molar-refractivity contribution < 1.29 is 14.1 Å². The Morgan fingerprint density at radius 2 is 1.65 bits per heavy atom. The Hall–Kier alpha value is -3.45. The van der Waals surface area contributed by atoms with Crippen molar-refractivity contribution in [1.29, 1.82) is 0 Å². The third kappa shape index (κ3) is 5.38. The monoisotopic (exact) mass is 418 g/mol. The molecule has 1 aliphatic rings. The van der Waals surface area contributed by atoms with Crippen LogP contribution >= 0.6 is 0 Å². The molecule has 3 aromatic rings. The maximum absolute atomic E-state index is 12.4. The molecule has 0 radical (unpaired) electrons. The number of aromatic nitrogens is 1. The molecule has 1 aromatic heterocycles. The van der Waals surface area contributed by atoms with Crippen LogP contribution in [-0.2, 0) is 4.79 Å². The molecule has 160 valence electrons. The minimum absolute atomic E-state index is 0.117. The summed E-state index contributed by atoms with van der Waals surface area (Å²) < 4.78 is 5.25. The lowest BCUT2D eigenvalue weighted by Crippen LogP contribution is -2.41. The summed E-state index contributed by atoms with van der Waals surface area (Å²) in [5.41, 5.74) is 2.16. The van der Waals surface area contributed by atoms with E-state index < -0.39 is 5.91 Å². The lowest BCUT2D eigenvalue weighted by Gasteiger charge is -2.28. The molecule has 1 unspecified atom stereocenters. The van der Waals surface area contributed by atoms with Gasteiger partial charge in [0.2, 0.25) is 5.91 Å². The fourth-order valence-electron chi connectivity index (χ4n) is 3.83. The third-order valence-electron chi connectivity index (χ3n) is 5.47. The second-order valence-corrected chi connectivity index (χ2v) is 7.60. The van der Waals surface area contributed by atoms with Gasteiger partial charge >= 0.3 is 0 Å². The predicted octanol–water partition coefficient (Wildman–Crippen LogP) is 3.02. The smallest absolute Gasteiger partial charge is 0.273 e. The van der Waals surface area contributed by atoms with Crippen LogP contribution in [0.15, 0.2) is 71.3 Å². The molecule has 31 heavy (non-hydrogen) atoms. The topological polar surface area (TPSA) is 87.5 Å². The molecule has 0 spiro atoms. The fraction of sp³-hybridized carbons (Fsp3) is 0.292. The van der Waals surface area contributed by atoms with Gasteiger partial charge in [-0.05, 0) is 31.5 Å². The van der Waals surface area contributed by atoms with E-state index in [9.17, 15) is 9.59 Å². The van der Waals surface area contributed by atoms with Gasteiger partial charge in [0.15, 0.2) is 11.5 Å². The minimum Gasteiger partial charge on any atom is -0.355 e. The van der Waals surface area contributed by atoms with Gasteiger partial charge in [0, 0.05) is 18.2 Å². The Bertz CT molecular complexity index is 998. The summed E-state index contributed by atoms with van der Waals surface area (Å²) in [5.74, 6) is -0.174. The van der Waals surface area contributed by atoms with Gasteiger partial charge in [-0.25, -0.2) is 0 Å². The molecule has 2 aromatic carbocycles. The van der Waals surface area contributed by atoms with Gasteiger partial charge in [-0.1, -0.05) is 65.8 Å². The molecule has 4 rings (SSSR count). The van der Waals surface area contributed by atoms with Crippen molar-refractivity contribution in [3.63, 3.8) is 0 Å². The zero-order valence-corrected chi connectivity index (χ0v) is 17.3. The normalized spacial score (nSPS) is 14.8. The minimum atomic E-state index is -0.444. The number of nitrogens with zero attached hydrogens (tertiary/aromatic N) is 2. The Morgan fingerprint density at radius 1 is 0.968 bits per heavy atom. The van der Waals surface area contributed by atoms with Crippen molar-refractivity contribution in [2.45, 2.75) is 18.9 Å². The van der Waals surface area contributed by atoms with Gasteiger partial charge in [0.05, 0.1) is 12.6 Å². The van der Waals surface area contributed by atoms with Crippen LogP contribution in [0.25, 0.3) is 11.3 Å². The molecule has 2 N–H and O–H groups in total. The first-order chi connectivity index (χ1) is 15.2. The Kier molecular flexibility index (Phi) is 6.74. The van der Waals surface area contributed by atoms with Crippen molar-refractivity contribution >= 4 is 11.8 Å². The van der Waals surface area contributed by atoms with Crippen LogP contribution in [0.2, 0.25) is 0 Å². The molecule has 0 bridgehead atoms. The van der Waals surface area contributed by atoms with Crippen molar-refractivity contribution in [3.8, 4) is 11.3 Å². The van der Waals surface area contributed by atoms with E-state index >= 15 is 0 Å². The number of carbonyl (C=O) groups excluding carboxylic acids is 2. The zero-order chi connectivity index (χ0) is 21.5. The van der Waals surface area contributed by atoms with Crippen LogP contribution < -0.4 is 10.6 Å². The molecule has 1 saturated heterocycles. The largest absolute Gasteiger partial charge is 0.355 e. The summed E-state index contributed by atoms with van der Waals surface area (Å²) >= 11 is 0. The number of benzene rings is 2. The van der Waals surface area contributed by atoms with Crippen LogP contribution in [-0.4, -0.2) is 48.0 Å². The zero-order valence-electron chi connectivity index (χ0n) is 17.3. The Balaban J connectivity index is 1.29. The molecule has 0 saturated carbocycles. The first kappa shape index (κ1) is 20.8. The van der Waals surface area contributed by atoms with E-state index in [-0.39, 0.29) is 24.2 Å². The SMILES string of the molecule is O=C(CNC(=O)c1cc(-c2ccccc2)on1)NCC(c1ccccc1)N1CCCC1. The predicted molar refractivity (Wildman–Crippen MR) is 117 cm³/mol. The van der Waals surface area contributed by atoms with Crippen LogP contribution in [0, 0.1) is 0 Å². The summed E-state index contributed by atoms with van der Waals surface area (Å²) in [6.07, 6.45) is 2.35. The highest BCUT2D eigenvalue weighted by molar-refractivity contribution is 5.95. The second kappa shape index (κ2) is 10.0. The average molecular weight is 418 g/mol. The fourth-order valence-corrected chi connectivity index (χ4v) is 3.83. The maximum atomic E-state index is 12.4. The number of rotatable bonds is 8. The molecule has 1 fully saturated rings. The van der Waals surface area contributed by atoms with E-state index in [0.717, 1.165) is 18.7 Å². The number of nitrogens with one attached hydrogen (secondary N) is 2. The van der Waals surface area contributed by atoms with Gasteiger partial charge in [-0.3, -0.25) is 14.5 Å². The summed E-state index contributed by atoms with van der Waals surface area (Å²) in [5, 5.41) is 9.38. The molecule has 0 aliphatic carbocycles. The number of hydrogen-bond donors (Lipinski definition) is 2. The van der Waals surface area contributed by atoms with Crippen molar-refractivity contribution in [2.24, 2.45) is 0 Å². The van der Waals surface area contributed by atoms with E-state index in [2.05, 4.69) is 32.8 Å². The molecule has 1 atom stereocenters. The van der Waals surface area contributed by atoms with E-state index in [1.807, 2.05) is 48.5 Å². The lowest BCUT2D eigenvalue weighted by molar-refractivity contribution is -0.120. The van der Waals surface area contributed by atoms with Crippen LogP contribution in [0.5, 0.6) is 0 Å². The lowest BCUT2D eigenvalue weighted by atomic mass is 10.1. The number of hydrogen-bond acceptors (Lipinski definition) is 5. The number of amides is 2. The van der Waals surface area contributed by atoms with E-state index in [1.165, 1.54) is 18.4 Å². The molecule has 1 aliphatic heterocycles. The van der Waals surface area contributed by atoms with Crippen molar-refractivity contribution in [1.82, 2.24) is 20.7 Å². The van der Waals surface area contributed by atoms with Gasteiger partial charge in [0.1, 0.15) is 0 Å². The van der Waals surface area contributed by atoms with Gasteiger partial charge in [-0.15, -0.1) is 0 Å². The Morgan fingerprint density at radius 3 is 2.35 bits per heavy atom. The van der Waals surface area contributed by atoms with Crippen molar-refractivity contribution in [2.75, 3.05) is 26.2 Å². The van der Waals surface area contributed by atoms with Crippen LogP contribution in [0.3, 0.4) is 0 Å². The quantitative estimate of drug-likeness (QED) is 0.587. The Labute approximate surface area is 181 Å². The molecule has 2 amide bonds. The van der Waals surface area contributed by atoms with Crippen LogP contribution in [0.1, 0.15) is 34.9 Å². The van der Waals surface area contributed by atoms with E-state index in [1.54, 1.807) is 6.07 Å². The first-order valence-corrected chi connectivity index (χ1v) is 10.6. The highest BCUT2D eigenvalue weighted by Gasteiger charge is 2.24. The van der Waals surface area contributed by atoms with Crippen LogP contribution in [0.4, 0.5) is 0 Å².